The van der Waals surface area contributed by atoms with Gasteiger partial charge in [0, 0.05) is 25.9 Å². The second-order valence-electron chi connectivity index (χ2n) is 10.7. The number of fused-ring (bicyclic) bond motifs is 1. The summed E-state index contributed by atoms with van der Waals surface area (Å²) in [6.45, 7) is 2.24. The van der Waals surface area contributed by atoms with Gasteiger partial charge in [-0.2, -0.15) is 0 Å². The van der Waals surface area contributed by atoms with Crippen molar-refractivity contribution in [2.75, 3.05) is 20.1 Å². The molecule has 2 atom stereocenters. The van der Waals surface area contributed by atoms with Crippen molar-refractivity contribution in [1.29, 1.82) is 0 Å². The van der Waals surface area contributed by atoms with Crippen molar-refractivity contribution in [3.05, 3.63) is 60.2 Å². The molecule has 0 radical (unpaired) electrons. The molecule has 2 fully saturated rings. The molecule has 2 aliphatic rings. The highest BCUT2D eigenvalue weighted by Crippen LogP contribution is 2.36. The van der Waals surface area contributed by atoms with Gasteiger partial charge in [0.15, 0.2) is 0 Å². The van der Waals surface area contributed by atoms with Crippen LogP contribution in [0.1, 0.15) is 49.2 Å². The third-order valence-corrected chi connectivity index (χ3v) is 7.38. The Kier molecular flexibility index (Phi) is 8.10. The van der Waals surface area contributed by atoms with Crippen molar-refractivity contribution < 1.29 is 32.9 Å². The van der Waals surface area contributed by atoms with Gasteiger partial charge in [0.05, 0.1) is 38.1 Å². The summed E-state index contributed by atoms with van der Waals surface area (Å²) in [6, 6.07) is 8.32. The van der Waals surface area contributed by atoms with Crippen LogP contribution in [0.2, 0.25) is 0 Å². The number of hydrogen-bond donors (Lipinski definition) is 2. The number of aromatic nitrogens is 2. The zero-order valence-corrected chi connectivity index (χ0v) is 22.0. The molecule has 0 spiro atoms. The maximum atomic E-state index is 13.8. The summed E-state index contributed by atoms with van der Waals surface area (Å²) in [5.74, 6) is -2.67. The fourth-order valence-electron chi connectivity index (χ4n) is 5.37. The molecule has 2 amide bonds. The molecule has 0 unspecified atom stereocenters. The highest BCUT2D eigenvalue weighted by molar-refractivity contribution is 6.66. The van der Waals surface area contributed by atoms with E-state index in [-0.39, 0.29) is 35.3 Å². The maximum absolute atomic E-state index is 13.8. The largest absolute Gasteiger partial charge is 0.604 e. The summed E-state index contributed by atoms with van der Waals surface area (Å²) in [7, 11) is 1.90. The zero-order chi connectivity index (χ0) is 27.3. The minimum atomic E-state index is -2.59. The standard InChI is InChI=1S/C26H34BN5O6/c1-18(2)15-22(27-32(3,13-9-23(33)37-27)14-10-24(34)38-27)31-25(35)20(16-19-7-5-4-6-8-19)30-26(36)21-17-28-11-12-29-21/h4-8,11-12,17-18,20,22H,9-10,13-16H2,1-3H3,(H,30,36)(H,31,35)/t20-,22-,27?,32?/m0/s1. The van der Waals surface area contributed by atoms with Crippen LogP contribution in [0.15, 0.2) is 48.9 Å². The van der Waals surface area contributed by atoms with E-state index >= 15 is 0 Å². The number of carbonyl (C=O) groups is 4. The van der Waals surface area contributed by atoms with E-state index in [9.17, 15) is 19.2 Å². The molecule has 4 rings (SSSR count). The number of hydrogen-bond acceptors (Lipinski definition) is 8. The molecule has 2 aromatic rings. The van der Waals surface area contributed by atoms with Crippen molar-refractivity contribution in [3.8, 4) is 0 Å². The maximum Gasteiger partial charge on any atom is 0.604 e. The van der Waals surface area contributed by atoms with Gasteiger partial charge in [-0.1, -0.05) is 44.2 Å². The first-order valence-electron chi connectivity index (χ1n) is 13.0. The Morgan fingerprint density at radius 2 is 1.68 bits per heavy atom. The third-order valence-electron chi connectivity index (χ3n) is 7.38. The van der Waals surface area contributed by atoms with Crippen molar-refractivity contribution in [2.45, 2.75) is 51.5 Å². The smallest absolute Gasteiger partial charge is 0.603 e. The number of nitrogens with zero attached hydrogens (tertiary/aromatic N) is 3. The van der Waals surface area contributed by atoms with E-state index < -0.39 is 42.4 Å². The summed E-state index contributed by atoms with van der Waals surface area (Å²) in [5.41, 5.74) is 0.913. The highest BCUT2D eigenvalue weighted by atomic mass is 16.7. The molecule has 2 saturated heterocycles. The molecule has 0 aliphatic carbocycles. The van der Waals surface area contributed by atoms with Crippen molar-refractivity contribution in [1.82, 2.24) is 20.6 Å². The fourth-order valence-corrected chi connectivity index (χ4v) is 5.37. The molecule has 2 N–H and O–H groups in total. The Morgan fingerprint density at radius 3 is 2.26 bits per heavy atom. The van der Waals surface area contributed by atoms with E-state index in [1.165, 1.54) is 18.6 Å². The average Bonchev–Trinajstić information content (AvgIpc) is 2.89. The van der Waals surface area contributed by atoms with Gasteiger partial charge in [-0.3, -0.25) is 24.2 Å². The minimum absolute atomic E-state index is 0.0755. The van der Waals surface area contributed by atoms with E-state index in [1.54, 1.807) is 0 Å². The quantitative estimate of drug-likeness (QED) is 0.468. The lowest BCUT2D eigenvalue weighted by Gasteiger charge is -2.62. The summed E-state index contributed by atoms with van der Waals surface area (Å²) in [6.07, 6.45) is 5.18. The highest BCUT2D eigenvalue weighted by Gasteiger charge is 2.64. The predicted octanol–water partition coefficient (Wildman–Crippen LogP) is 1.17. The lowest BCUT2D eigenvalue weighted by atomic mass is 9.54. The van der Waals surface area contributed by atoms with Gasteiger partial charge in [0.1, 0.15) is 11.7 Å². The van der Waals surface area contributed by atoms with Crippen molar-refractivity contribution >= 4 is 30.4 Å². The molecule has 11 nitrogen and oxygen atoms in total. The molecule has 2 aliphatic heterocycles. The van der Waals surface area contributed by atoms with E-state index in [4.69, 9.17) is 9.31 Å². The lowest BCUT2D eigenvalue weighted by molar-refractivity contribution is -0.835. The van der Waals surface area contributed by atoms with E-state index in [0.717, 1.165) is 5.56 Å². The van der Waals surface area contributed by atoms with Crippen LogP contribution >= 0.6 is 0 Å². The predicted molar refractivity (Wildman–Crippen MR) is 138 cm³/mol. The van der Waals surface area contributed by atoms with Crippen LogP contribution in [-0.2, 0) is 30.1 Å². The van der Waals surface area contributed by atoms with Crippen LogP contribution in [0.25, 0.3) is 0 Å². The molecule has 12 heteroatoms. The van der Waals surface area contributed by atoms with Gasteiger partial charge in [0.25, 0.3) is 17.8 Å². The van der Waals surface area contributed by atoms with Crippen LogP contribution in [-0.4, -0.2) is 76.9 Å². The van der Waals surface area contributed by atoms with Gasteiger partial charge in [-0.05, 0) is 17.9 Å². The van der Waals surface area contributed by atoms with Gasteiger partial charge >= 0.3 is 6.69 Å². The second kappa shape index (κ2) is 11.3. The molecule has 202 valence electrons. The van der Waals surface area contributed by atoms with Crippen molar-refractivity contribution in [2.24, 2.45) is 5.92 Å². The summed E-state index contributed by atoms with van der Waals surface area (Å²) in [5, 5.41) is 5.79. The average molecular weight is 523 g/mol. The zero-order valence-electron chi connectivity index (χ0n) is 22.0. The molecule has 1 aromatic carbocycles. The normalized spacial score (nSPS) is 24.4. The molecule has 3 heterocycles. The number of quaternary nitrogens is 1. The van der Waals surface area contributed by atoms with Crippen LogP contribution in [0.3, 0.4) is 0 Å². The summed E-state index contributed by atoms with van der Waals surface area (Å²) in [4.78, 5) is 59.8. The van der Waals surface area contributed by atoms with E-state index in [2.05, 4.69) is 20.6 Å². The Hall–Kier alpha value is -3.80. The van der Waals surface area contributed by atoms with Gasteiger partial charge in [-0.15, -0.1) is 0 Å². The topological polar surface area (TPSA) is 137 Å². The van der Waals surface area contributed by atoms with Crippen LogP contribution in [0, 0.1) is 5.92 Å². The number of amides is 2. The van der Waals surface area contributed by atoms with Gasteiger partial charge < -0.3 is 24.3 Å². The first-order chi connectivity index (χ1) is 18.1. The first-order valence-corrected chi connectivity index (χ1v) is 13.0. The van der Waals surface area contributed by atoms with Gasteiger partial charge in [-0.25, -0.2) is 4.98 Å². The number of benzene rings is 1. The number of nitrogens with one attached hydrogen (secondary N) is 2. The fraction of sp³-hybridized carbons (Fsp3) is 0.462. The number of carbonyl (C=O) groups excluding carboxylic acids is 4. The molecule has 0 saturated carbocycles. The second-order valence-corrected chi connectivity index (χ2v) is 10.7. The monoisotopic (exact) mass is 523 g/mol. The van der Waals surface area contributed by atoms with Gasteiger partial charge in [0.2, 0.25) is 5.91 Å². The van der Waals surface area contributed by atoms with E-state index in [0.29, 0.717) is 19.5 Å². The summed E-state index contributed by atoms with van der Waals surface area (Å²) < 4.78 is 12.0. The SMILES string of the molecule is CC(C)C[C@H](NC(=O)[C@H](Cc1ccccc1)NC(=O)c1cnccn1)[B-]12OC(=O)CC[N+]1(C)CCC(=O)O2. The van der Waals surface area contributed by atoms with E-state index in [1.807, 2.05) is 51.2 Å². The third kappa shape index (κ3) is 5.85. The molecular formula is C26H34BN5O6. The van der Waals surface area contributed by atoms with Crippen LogP contribution < -0.4 is 10.6 Å². The Morgan fingerprint density at radius 1 is 1.03 bits per heavy atom. The summed E-state index contributed by atoms with van der Waals surface area (Å²) >= 11 is 0. The molecule has 1 aromatic heterocycles. The molecular weight excluding hydrogens is 489 g/mol. The first kappa shape index (κ1) is 27.2. The number of rotatable bonds is 9. The lowest BCUT2D eigenvalue weighted by Crippen LogP contribution is -2.83. The Balaban J connectivity index is 1.65. The molecule has 0 bridgehead atoms. The van der Waals surface area contributed by atoms with Crippen LogP contribution in [0.5, 0.6) is 0 Å². The van der Waals surface area contributed by atoms with Crippen LogP contribution in [0.4, 0.5) is 0 Å². The Bertz CT molecular complexity index is 1160. The Labute approximate surface area is 221 Å². The molecule has 38 heavy (non-hydrogen) atoms. The minimum Gasteiger partial charge on any atom is -0.603 e. The van der Waals surface area contributed by atoms with Crippen molar-refractivity contribution in [3.63, 3.8) is 0 Å².